The first kappa shape index (κ1) is 15.9. The molecule has 2 rings (SSSR count). The molecule has 0 bridgehead atoms. The van der Waals surface area contributed by atoms with Gasteiger partial charge in [-0.05, 0) is 43.4 Å². The number of aliphatic imine (C=N–C) groups is 1. The van der Waals surface area contributed by atoms with Crippen LogP contribution in [0.5, 0.6) is 0 Å². The number of esters is 1. The molecule has 6 heteroatoms. The topological polar surface area (TPSA) is 81.8 Å². The first-order valence-corrected chi connectivity index (χ1v) is 7.17. The SMILES string of the molecule is C=CCc1cccc2c1CCC(C(C(=O)OCC)[N+](=O)[O-])=N2. The van der Waals surface area contributed by atoms with E-state index in [1.807, 2.05) is 24.3 Å². The Hall–Kier alpha value is -2.50. The van der Waals surface area contributed by atoms with E-state index in [1.165, 1.54) is 0 Å². The van der Waals surface area contributed by atoms with E-state index in [-0.39, 0.29) is 12.3 Å². The van der Waals surface area contributed by atoms with E-state index < -0.39 is 16.9 Å². The Morgan fingerprint density at radius 1 is 1.55 bits per heavy atom. The summed E-state index contributed by atoms with van der Waals surface area (Å²) in [6.45, 7) is 5.46. The zero-order valence-corrected chi connectivity index (χ0v) is 12.4. The van der Waals surface area contributed by atoms with Gasteiger partial charge < -0.3 is 4.74 Å². The third kappa shape index (κ3) is 3.21. The van der Waals surface area contributed by atoms with Crippen LogP contribution < -0.4 is 0 Å². The van der Waals surface area contributed by atoms with Gasteiger partial charge in [-0.2, -0.15) is 0 Å². The first-order valence-electron chi connectivity index (χ1n) is 7.17. The molecule has 0 aliphatic carbocycles. The molecule has 0 fully saturated rings. The van der Waals surface area contributed by atoms with Crippen LogP contribution in [-0.4, -0.2) is 29.3 Å². The van der Waals surface area contributed by atoms with Crippen LogP contribution in [0.2, 0.25) is 0 Å². The number of fused-ring (bicyclic) bond motifs is 1. The maximum absolute atomic E-state index is 11.8. The average Bonchev–Trinajstić information content (AvgIpc) is 2.47. The Morgan fingerprint density at radius 3 is 2.95 bits per heavy atom. The van der Waals surface area contributed by atoms with Crippen LogP contribution in [0.3, 0.4) is 0 Å². The van der Waals surface area contributed by atoms with E-state index in [9.17, 15) is 14.9 Å². The number of allylic oxidation sites excluding steroid dienone is 1. The molecule has 0 amide bonds. The Kier molecular flexibility index (Phi) is 5.04. The fraction of sp³-hybridized carbons (Fsp3) is 0.375. The van der Waals surface area contributed by atoms with Crippen molar-refractivity contribution in [1.29, 1.82) is 0 Å². The van der Waals surface area contributed by atoms with Crippen molar-refractivity contribution in [2.75, 3.05) is 6.61 Å². The fourth-order valence-electron chi connectivity index (χ4n) is 2.59. The minimum Gasteiger partial charge on any atom is -0.461 e. The van der Waals surface area contributed by atoms with E-state index in [1.54, 1.807) is 6.92 Å². The van der Waals surface area contributed by atoms with E-state index >= 15 is 0 Å². The Bertz CT molecular complexity index is 637. The smallest absolute Gasteiger partial charge is 0.388 e. The number of hydrogen-bond acceptors (Lipinski definition) is 5. The largest absolute Gasteiger partial charge is 0.461 e. The lowest BCUT2D eigenvalue weighted by molar-refractivity contribution is -0.492. The summed E-state index contributed by atoms with van der Waals surface area (Å²) < 4.78 is 4.79. The molecule has 116 valence electrons. The predicted octanol–water partition coefficient (Wildman–Crippen LogP) is 2.64. The molecule has 0 saturated carbocycles. The lowest BCUT2D eigenvalue weighted by Crippen LogP contribution is -2.39. The highest BCUT2D eigenvalue weighted by atomic mass is 16.6. The van der Waals surface area contributed by atoms with Gasteiger partial charge in [-0.1, -0.05) is 18.2 Å². The standard InChI is InChI=1S/C16H18N2O4/c1-3-6-11-7-5-8-13-12(11)9-10-14(17-13)15(18(20)21)16(19)22-4-2/h3,5,7-8,15H,1,4,6,9-10H2,2H3. The van der Waals surface area contributed by atoms with Crippen LogP contribution in [0, 0.1) is 10.1 Å². The number of carbonyl (C=O) groups excluding carboxylic acids is 1. The van der Waals surface area contributed by atoms with Crippen molar-refractivity contribution in [3.05, 3.63) is 52.1 Å². The monoisotopic (exact) mass is 302 g/mol. The summed E-state index contributed by atoms with van der Waals surface area (Å²) in [5.41, 5.74) is 3.13. The zero-order valence-electron chi connectivity index (χ0n) is 12.4. The minimum atomic E-state index is -1.52. The Balaban J connectivity index is 2.37. The molecule has 0 radical (unpaired) electrons. The highest BCUT2D eigenvalue weighted by Gasteiger charge is 2.38. The van der Waals surface area contributed by atoms with Crippen molar-refractivity contribution in [2.45, 2.75) is 32.2 Å². The Labute approximate surface area is 128 Å². The molecule has 0 N–H and O–H groups in total. The van der Waals surface area contributed by atoms with Gasteiger partial charge in [0.25, 0.3) is 0 Å². The third-order valence-electron chi connectivity index (χ3n) is 3.54. The summed E-state index contributed by atoms with van der Waals surface area (Å²) in [6, 6.07) is 4.15. The lowest BCUT2D eigenvalue weighted by atomic mass is 9.93. The second-order valence-corrected chi connectivity index (χ2v) is 4.95. The van der Waals surface area contributed by atoms with Gasteiger partial charge in [-0.3, -0.25) is 10.1 Å². The van der Waals surface area contributed by atoms with E-state index in [2.05, 4.69) is 11.6 Å². The van der Waals surface area contributed by atoms with E-state index in [0.717, 1.165) is 17.5 Å². The van der Waals surface area contributed by atoms with Crippen LogP contribution in [0.1, 0.15) is 24.5 Å². The predicted molar refractivity (Wildman–Crippen MR) is 83.2 cm³/mol. The molecule has 1 aliphatic rings. The van der Waals surface area contributed by atoms with Gasteiger partial charge in [-0.15, -0.1) is 6.58 Å². The molecule has 1 unspecified atom stereocenters. The molecule has 0 spiro atoms. The maximum Gasteiger partial charge on any atom is 0.388 e. The van der Waals surface area contributed by atoms with Crippen LogP contribution in [0.15, 0.2) is 35.8 Å². The van der Waals surface area contributed by atoms with Gasteiger partial charge in [0.15, 0.2) is 0 Å². The average molecular weight is 302 g/mol. The van der Waals surface area contributed by atoms with Crippen LogP contribution >= 0.6 is 0 Å². The lowest BCUT2D eigenvalue weighted by Gasteiger charge is -2.19. The van der Waals surface area contributed by atoms with Crippen LogP contribution in [0.4, 0.5) is 5.69 Å². The van der Waals surface area contributed by atoms with Crippen molar-refractivity contribution in [3.8, 4) is 0 Å². The number of ether oxygens (including phenoxy) is 1. The van der Waals surface area contributed by atoms with Gasteiger partial charge in [0, 0.05) is 4.92 Å². The maximum atomic E-state index is 11.8. The molecule has 0 aromatic heterocycles. The zero-order chi connectivity index (χ0) is 16.1. The van der Waals surface area contributed by atoms with E-state index in [0.29, 0.717) is 18.5 Å². The van der Waals surface area contributed by atoms with Crippen molar-refractivity contribution in [1.82, 2.24) is 0 Å². The summed E-state index contributed by atoms with van der Waals surface area (Å²) in [4.78, 5) is 26.7. The number of nitro groups is 1. The fourth-order valence-corrected chi connectivity index (χ4v) is 2.59. The molecule has 1 aliphatic heterocycles. The number of benzene rings is 1. The number of nitrogens with zero attached hydrogens (tertiary/aromatic N) is 2. The van der Waals surface area contributed by atoms with Gasteiger partial charge in [0.1, 0.15) is 5.71 Å². The summed E-state index contributed by atoms with van der Waals surface area (Å²) in [7, 11) is 0. The van der Waals surface area contributed by atoms with Crippen molar-refractivity contribution < 1.29 is 14.5 Å². The highest BCUT2D eigenvalue weighted by molar-refractivity contribution is 6.06. The first-order chi connectivity index (χ1) is 10.6. The van der Waals surface area contributed by atoms with Gasteiger partial charge in [0.2, 0.25) is 0 Å². The second kappa shape index (κ2) is 6.98. The Morgan fingerprint density at radius 2 is 2.32 bits per heavy atom. The third-order valence-corrected chi connectivity index (χ3v) is 3.54. The second-order valence-electron chi connectivity index (χ2n) is 4.95. The van der Waals surface area contributed by atoms with Crippen LogP contribution in [0.25, 0.3) is 0 Å². The summed E-state index contributed by atoms with van der Waals surface area (Å²) in [5, 5.41) is 11.2. The molecule has 1 heterocycles. The molecule has 1 aromatic rings. The van der Waals surface area contributed by atoms with E-state index in [4.69, 9.17) is 4.74 Å². The molecular weight excluding hydrogens is 284 g/mol. The summed E-state index contributed by atoms with van der Waals surface area (Å²) >= 11 is 0. The molecule has 0 saturated heterocycles. The van der Waals surface area contributed by atoms with Crippen molar-refractivity contribution in [3.63, 3.8) is 0 Å². The molecule has 22 heavy (non-hydrogen) atoms. The number of carbonyl (C=O) groups is 1. The van der Waals surface area contributed by atoms with Gasteiger partial charge in [-0.25, -0.2) is 9.79 Å². The normalized spacial score (nSPS) is 14.5. The van der Waals surface area contributed by atoms with Crippen molar-refractivity contribution in [2.24, 2.45) is 4.99 Å². The molecule has 6 nitrogen and oxygen atoms in total. The number of hydrogen-bond donors (Lipinski definition) is 0. The quantitative estimate of drug-likeness (QED) is 0.350. The van der Waals surface area contributed by atoms with Gasteiger partial charge in [0.05, 0.1) is 12.3 Å². The van der Waals surface area contributed by atoms with Crippen LogP contribution in [-0.2, 0) is 22.4 Å². The summed E-state index contributed by atoms with van der Waals surface area (Å²) in [6.07, 6.45) is 3.55. The molecular formula is C16H18N2O4. The highest BCUT2D eigenvalue weighted by Crippen LogP contribution is 2.30. The molecule has 1 atom stereocenters. The van der Waals surface area contributed by atoms with Crippen molar-refractivity contribution >= 4 is 17.4 Å². The van der Waals surface area contributed by atoms with Gasteiger partial charge >= 0.3 is 12.0 Å². The minimum absolute atomic E-state index is 0.108. The molecule has 1 aromatic carbocycles. The summed E-state index contributed by atoms with van der Waals surface area (Å²) in [5.74, 6) is -0.850. The number of rotatable bonds is 6.